The van der Waals surface area contributed by atoms with Crippen LogP contribution in [-0.2, 0) is 4.79 Å². The Morgan fingerprint density at radius 2 is 2.00 bits per heavy atom. The molecule has 2 aliphatic carbocycles. The van der Waals surface area contributed by atoms with Crippen molar-refractivity contribution in [2.75, 3.05) is 13.1 Å². The second kappa shape index (κ2) is 6.05. The normalized spacial score (nSPS) is 31.9. The molecule has 2 aliphatic rings. The molecule has 2 bridgehead atoms. The molecule has 104 valence electrons. The third kappa shape index (κ3) is 3.47. The van der Waals surface area contributed by atoms with Crippen molar-refractivity contribution in [3.05, 3.63) is 0 Å². The number of amides is 1. The molecule has 18 heavy (non-hydrogen) atoms. The van der Waals surface area contributed by atoms with E-state index in [2.05, 4.69) is 31.4 Å². The fraction of sp³-hybridized carbons (Fsp3) is 0.933. The molecular formula is C15H28N2O. The molecule has 3 heteroatoms. The Kier molecular flexibility index (Phi) is 4.66. The van der Waals surface area contributed by atoms with E-state index in [0.29, 0.717) is 18.5 Å². The number of nitrogens with one attached hydrogen (secondary N) is 2. The lowest BCUT2D eigenvalue weighted by atomic mass is 9.84. The van der Waals surface area contributed by atoms with E-state index in [4.69, 9.17) is 0 Å². The molecule has 2 rings (SSSR count). The first-order valence-corrected chi connectivity index (χ1v) is 7.56. The first-order chi connectivity index (χ1) is 8.56. The highest BCUT2D eigenvalue weighted by Gasteiger charge is 2.41. The van der Waals surface area contributed by atoms with Gasteiger partial charge in [0.15, 0.2) is 0 Å². The SMILES string of the molecule is CC(C)CNC(=O)CNC(C)C1CC2CCC1C2. The molecule has 3 nitrogen and oxygen atoms in total. The van der Waals surface area contributed by atoms with Crippen molar-refractivity contribution in [2.45, 2.75) is 52.5 Å². The van der Waals surface area contributed by atoms with Gasteiger partial charge in [-0.2, -0.15) is 0 Å². The molecule has 4 unspecified atom stereocenters. The van der Waals surface area contributed by atoms with E-state index in [1.807, 2.05) is 0 Å². The van der Waals surface area contributed by atoms with Gasteiger partial charge in [-0.15, -0.1) is 0 Å². The molecule has 1 amide bonds. The van der Waals surface area contributed by atoms with E-state index < -0.39 is 0 Å². The largest absolute Gasteiger partial charge is 0.355 e. The Bertz CT molecular complexity index is 290. The average molecular weight is 252 g/mol. The molecular weight excluding hydrogens is 224 g/mol. The third-order valence-corrected chi connectivity index (χ3v) is 4.73. The Morgan fingerprint density at radius 3 is 2.56 bits per heavy atom. The fourth-order valence-electron chi connectivity index (χ4n) is 3.69. The number of carbonyl (C=O) groups excluding carboxylic acids is 1. The summed E-state index contributed by atoms with van der Waals surface area (Å²) in [6.45, 7) is 7.74. The summed E-state index contributed by atoms with van der Waals surface area (Å²) >= 11 is 0. The minimum Gasteiger partial charge on any atom is -0.355 e. The molecule has 2 fully saturated rings. The van der Waals surface area contributed by atoms with Crippen molar-refractivity contribution in [1.29, 1.82) is 0 Å². The van der Waals surface area contributed by atoms with Crippen molar-refractivity contribution in [2.24, 2.45) is 23.7 Å². The van der Waals surface area contributed by atoms with Crippen LogP contribution in [0.4, 0.5) is 0 Å². The highest BCUT2D eigenvalue weighted by molar-refractivity contribution is 5.77. The lowest BCUT2D eigenvalue weighted by molar-refractivity contribution is -0.120. The maximum atomic E-state index is 11.7. The number of hydrogen-bond acceptors (Lipinski definition) is 2. The van der Waals surface area contributed by atoms with E-state index >= 15 is 0 Å². The second-order valence-corrected chi connectivity index (χ2v) is 6.71. The van der Waals surface area contributed by atoms with Crippen LogP contribution in [-0.4, -0.2) is 25.0 Å². The summed E-state index contributed by atoms with van der Waals surface area (Å²) in [6, 6.07) is 0.491. The van der Waals surface area contributed by atoms with Crippen LogP contribution in [0.5, 0.6) is 0 Å². The van der Waals surface area contributed by atoms with Crippen LogP contribution in [0, 0.1) is 23.7 Å². The van der Waals surface area contributed by atoms with Crippen LogP contribution < -0.4 is 10.6 Å². The van der Waals surface area contributed by atoms with E-state index in [1.165, 1.54) is 25.7 Å². The maximum absolute atomic E-state index is 11.7. The Labute approximate surface area is 111 Å². The van der Waals surface area contributed by atoms with Gasteiger partial charge in [0.25, 0.3) is 0 Å². The molecule has 0 radical (unpaired) electrons. The highest BCUT2D eigenvalue weighted by Crippen LogP contribution is 2.49. The van der Waals surface area contributed by atoms with Crippen LogP contribution in [0.1, 0.15) is 46.5 Å². The van der Waals surface area contributed by atoms with Crippen molar-refractivity contribution < 1.29 is 4.79 Å². The number of fused-ring (bicyclic) bond motifs is 2. The summed E-state index contributed by atoms with van der Waals surface area (Å²) in [5, 5.41) is 6.38. The highest BCUT2D eigenvalue weighted by atomic mass is 16.1. The van der Waals surface area contributed by atoms with Gasteiger partial charge >= 0.3 is 0 Å². The summed E-state index contributed by atoms with van der Waals surface area (Å²) in [7, 11) is 0. The second-order valence-electron chi connectivity index (χ2n) is 6.71. The first kappa shape index (κ1) is 13.9. The molecule has 0 aromatic rings. The van der Waals surface area contributed by atoms with Crippen LogP contribution in [0.2, 0.25) is 0 Å². The average Bonchev–Trinajstić information content (AvgIpc) is 2.95. The van der Waals surface area contributed by atoms with Crippen LogP contribution in [0.15, 0.2) is 0 Å². The van der Waals surface area contributed by atoms with Gasteiger partial charge in [0, 0.05) is 12.6 Å². The first-order valence-electron chi connectivity index (χ1n) is 7.56. The van der Waals surface area contributed by atoms with Gasteiger partial charge in [0.1, 0.15) is 0 Å². The lowest BCUT2D eigenvalue weighted by Gasteiger charge is -2.28. The molecule has 4 atom stereocenters. The summed E-state index contributed by atoms with van der Waals surface area (Å²) in [5.74, 6) is 3.38. The van der Waals surface area contributed by atoms with Crippen LogP contribution >= 0.6 is 0 Å². The minimum atomic E-state index is 0.138. The van der Waals surface area contributed by atoms with Gasteiger partial charge in [0.2, 0.25) is 5.91 Å². The number of hydrogen-bond donors (Lipinski definition) is 2. The Hall–Kier alpha value is -0.570. The number of carbonyl (C=O) groups is 1. The zero-order chi connectivity index (χ0) is 13.1. The monoisotopic (exact) mass is 252 g/mol. The molecule has 0 saturated heterocycles. The lowest BCUT2D eigenvalue weighted by Crippen LogP contribution is -2.43. The van der Waals surface area contributed by atoms with E-state index in [-0.39, 0.29) is 5.91 Å². The molecule has 2 N–H and O–H groups in total. The van der Waals surface area contributed by atoms with Crippen LogP contribution in [0.25, 0.3) is 0 Å². The molecule has 0 spiro atoms. The summed E-state index contributed by atoms with van der Waals surface area (Å²) in [4.78, 5) is 11.7. The maximum Gasteiger partial charge on any atom is 0.233 e. The van der Waals surface area contributed by atoms with Gasteiger partial charge < -0.3 is 10.6 Å². The third-order valence-electron chi connectivity index (χ3n) is 4.73. The molecule has 0 aromatic heterocycles. The molecule has 0 aliphatic heterocycles. The predicted octanol–water partition coefficient (Wildman–Crippen LogP) is 2.17. The molecule has 0 aromatic carbocycles. The van der Waals surface area contributed by atoms with Crippen molar-refractivity contribution in [1.82, 2.24) is 10.6 Å². The molecule has 2 saturated carbocycles. The summed E-state index contributed by atoms with van der Waals surface area (Å²) in [5.41, 5.74) is 0. The van der Waals surface area contributed by atoms with Gasteiger partial charge in [-0.1, -0.05) is 20.3 Å². The van der Waals surface area contributed by atoms with Crippen molar-refractivity contribution >= 4 is 5.91 Å². The molecule has 0 heterocycles. The van der Waals surface area contributed by atoms with Gasteiger partial charge in [-0.3, -0.25) is 4.79 Å². The topological polar surface area (TPSA) is 41.1 Å². The van der Waals surface area contributed by atoms with Gasteiger partial charge in [-0.25, -0.2) is 0 Å². The zero-order valence-electron chi connectivity index (χ0n) is 12.0. The van der Waals surface area contributed by atoms with Gasteiger partial charge in [0.05, 0.1) is 6.54 Å². The predicted molar refractivity (Wildman–Crippen MR) is 74.3 cm³/mol. The Balaban J connectivity index is 1.65. The van der Waals surface area contributed by atoms with E-state index in [9.17, 15) is 4.79 Å². The van der Waals surface area contributed by atoms with E-state index in [1.54, 1.807) is 0 Å². The van der Waals surface area contributed by atoms with Gasteiger partial charge in [-0.05, 0) is 49.9 Å². The van der Waals surface area contributed by atoms with Crippen molar-refractivity contribution in [3.8, 4) is 0 Å². The Morgan fingerprint density at radius 1 is 1.22 bits per heavy atom. The minimum absolute atomic E-state index is 0.138. The summed E-state index contributed by atoms with van der Waals surface area (Å²) in [6.07, 6.45) is 5.69. The standard InChI is InChI=1S/C15H28N2O/c1-10(2)8-17-15(18)9-16-11(3)14-7-12-4-5-13(14)6-12/h10-14,16H,4-9H2,1-3H3,(H,17,18). The zero-order valence-corrected chi connectivity index (χ0v) is 12.0. The number of rotatable bonds is 6. The van der Waals surface area contributed by atoms with Crippen molar-refractivity contribution in [3.63, 3.8) is 0 Å². The van der Waals surface area contributed by atoms with Crippen LogP contribution in [0.3, 0.4) is 0 Å². The fourth-order valence-corrected chi connectivity index (χ4v) is 3.69. The summed E-state index contributed by atoms with van der Waals surface area (Å²) < 4.78 is 0. The smallest absolute Gasteiger partial charge is 0.233 e. The quantitative estimate of drug-likeness (QED) is 0.760. The van der Waals surface area contributed by atoms with E-state index in [0.717, 1.165) is 24.3 Å².